The average molecular weight is 193 g/mol. The number of aryl methyl sites for hydroxylation is 1. The first-order chi connectivity index (χ1) is 6.70. The minimum atomic E-state index is -1.13. The van der Waals surface area contributed by atoms with Crippen molar-refractivity contribution < 1.29 is 9.90 Å². The van der Waals surface area contributed by atoms with Gasteiger partial charge in [-0.15, -0.1) is 5.10 Å². The number of carboxylic acids is 1. The zero-order valence-electron chi connectivity index (χ0n) is 7.30. The van der Waals surface area contributed by atoms with Gasteiger partial charge in [0.1, 0.15) is 0 Å². The van der Waals surface area contributed by atoms with Gasteiger partial charge in [-0.25, -0.2) is 9.78 Å². The third-order valence-corrected chi connectivity index (χ3v) is 1.78. The summed E-state index contributed by atoms with van der Waals surface area (Å²) in [6, 6.07) is 0. The van der Waals surface area contributed by atoms with Crippen LogP contribution in [0.15, 0.2) is 12.4 Å². The molecule has 7 heteroatoms. The molecule has 2 heterocycles. The SMILES string of the molecule is Cn1ccnc1-c1n[nH]nc1C(=O)O. The van der Waals surface area contributed by atoms with Gasteiger partial charge in [0.05, 0.1) is 0 Å². The smallest absolute Gasteiger partial charge is 0.358 e. The number of nitrogens with zero attached hydrogens (tertiary/aromatic N) is 4. The molecule has 0 aliphatic carbocycles. The van der Waals surface area contributed by atoms with Gasteiger partial charge in [-0.05, 0) is 0 Å². The van der Waals surface area contributed by atoms with Gasteiger partial charge in [-0.1, -0.05) is 0 Å². The van der Waals surface area contributed by atoms with Crippen LogP contribution in [-0.2, 0) is 7.05 Å². The van der Waals surface area contributed by atoms with E-state index >= 15 is 0 Å². The number of aromatic carboxylic acids is 1. The van der Waals surface area contributed by atoms with Gasteiger partial charge in [-0.2, -0.15) is 10.3 Å². The highest BCUT2D eigenvalue weighted by Gasteiger charge is 2.19. The molecule has 0 unspecified atom stereocenters. The zero-order chi connectivity index (χ0) is 10.1. The Morgan fingerprint density at radius 1 is 1.57 bits per heavy atom. The molecule has 0 atom stereocenters. The van der Waals surface area contributed by atoms with Crippen LogP contribution >= 0.6 is 0 Å². The Bertz CT molecular complexity index is 472. The highest BCUT2D eigenvalue weighted by Crippen LogP contribution is 2.16. The number of rotatable bonds is 2. The summed E-state index contributed by atoms with van der Waals surface area (Å²) in [5.74, 6) is -0.659. The minimum absolute atomic E-state index is 0.126. The molecule has 0 spiro atoms. The lowest BCUT2D eigenvalue weighted by Crippen LogP contribution is -2.02. The number of aromatic nitrogens is 5. The summed E-state index contributed by atoms with van der Waals surface area (Å²) in [6.07, 6.45) is 3.27. The van der Waals surface area contributed by atoms with E-state index in [2.05, 4.69) is 20.4 Å². The number of nitrogens with one attached hydrogen (secondary N) is 1. The molecule has 2 aromatic rings. The second-order valence-corrected chi connectivity index (χ2v) is 2.69. The van der Waals surface area contributed by atoms with Crippen molar-refractivity contribution in [2.75, 3.05) is 0 Å². The maximum Gasteiger partial charge on any atom is 0.358 e. The van der Waals surface area contributed by atoms with E-state index in [1.807, 2.05) is 0 Å². The number of imidazole rings is 1. The van der Waals surface area contributed by atoms with Crippen LogP contribution in [0.25, 0.3) is 11.5 Å². The van der Waals surface area contributed by atoms with Crippen molar-refractivity contribution in [2.45, 2.75) is 0 Å². The molecule has 2 N–H and O–H groups in total. The van der Waals surface area contributed by atoms with Gasteiger partial charge in [0.25, 0.3) is 0 Å². The topological polar surface area (TPSA) is 96.7 Å². The van der Waals surface area contributed by atoms with E-state index in [9.17, 15) is 4.79 Å². The Morgan fingerprint density at radius 2 is 2.36 bits per heavy atom. The van der Waals surface area contributed by atoms with E-state index in [-0.39, 0.29) is 11.4 Å². The van der Waals surface area contributed by atoms with Gasteiger partial charge in [0, 0.05) is 19.4 Å². The van der Waals surface area contributed by atoms with E-state index in [1.54, 1.807) is 24.0 Å². The largest absolute Gasteiger partial charge is 0.476 e. The van der Waals surface area contributed by atoms with Crippen molar-refractivity contribution in [3.63, 3.8) is 0 Å². The van der Waals surface area contributed by atoms with Crippen LogP contribution in [0, 0.1) is 0 Å². The molecule has 0 fully saturated rings. The van der Waals surface area contributed by atoms with Crippen molar-refractivity contribution in [1.82, 2.24) is 25.0 Å². The van der Waals surface area contributed by atoms with Gasteiger partial charge < -0.3 is 9.67 Å². The van der Waals surface area contributed by atoms with Crippen molar-refractivity contribution in [1.29, 1.82) is 0 Å². The fourth-order valence-electron chi connectivity index (χ4n) is 1.13. The summed E-state index contributed by atoms with van der Waals surface area (Å²) in [4.78, 5) is 14.7. The lowest BCUT2D eigenvalue weighted by molar-refractivity contribution is 0.0691. The third-order valence-electron chi connectivity index (χ3n) is 1.78. The summed E-state index contributed by atoms with van der Waals surface area (Å²) in [5, 5.41) is 18.3. The lowest BCUT2D eigenvalue weighted by Gasteiger charge is -1.96. The lowest BCUT2D eigenvalue weighted by atomic mass is 10.3. The maximum absolute atomic E-state index is 10.7. The summed E-state index contributed by atoms with van der Waals surface area (Å²) >= 11 is 0. The molecule has 0 radical (unpaired) electrons. The van der Waals surface area contributed by atoms with Crippen LogP contribution in [0.4, 0.5) is 0 Å². The molecule has 2 aromatic heterocycles. The normalized spacial score (nSPS) is 10.4. The summed E-state index contributed by atoms with van der Waals surface area (Å²) in [7, 11) is 1.75. The van der Waals surface area contributed by atoms with Gasteiger partial charge in [0.2, 0.25) is 5.69 Å². The summed E-state index contributed by atoms with van der Waals surface area (Å²) in [5.41, 5.74) is 0.115. The molecule has 7 nitrogen and oxygen atoms in total. The van der Waals surface area contributed by atoms with Crippen LogP contribution in [0.2, 0.25) is 0 Å². The molecule has 0 amide bonds. The van der Waals surface area contributed by atoms with E-state index in [1.165, 1.54) is 0 Å². The number of carbonyl (C=O) groups is 1. The maximum atomic E-state index is 10.7. The van der Waals surface area contributed by atoms with E-state index in [0.717, 1.165) is 0 Å². The molecule has 0 saturated heterocycles. The quantitative estimate of drug-likeness (QED) is 0.694. The molecule has 2 rings (SSSR count). The first kappa shape index (κ1) is 8.42. The fourth-order valence-corrected chi connectivity index (χ4v) is 1.13. The van der Waals surface area contributed by atoms with Crippen LogP contribution in [-0.4, -0.2) is 36.0 Å². The Kier molecular flexibility index (Phi) is 1.77. The van der Waals surface area contributed by atoms with Crippen molar-refractivity contribution >= 4 is 5.97 Å². The number of hydrogen-bond donors (Lipinski definition) is 2. The minimum Gasteiger partial charge on any atom is -0.476 e. The molecule has 14 heavy (non-hydrogen) atoms. The molecular formula is C7H7N5O2. The second-order valence-electron chi connectivity index (χ2n) is 2.69. The predicted octanol–water partition coefficient (Wildman–Crippen LogP) is -0.0966. The van der Waals surface area contributed by atoms with Crippen LogP contribution < -0.4 is 0 Å². The Morgan fingerprint density at radius 3 is 2.93 bits per heavy atom. The monoisotopic (exact) mass is 193 g/mol. The number of H-pyrrole nitrogens is 1. The highest BCUT2D eigenvalue weighted by molar-refractivity contribution is 5.91. The molecular weight excluding hydrogens is 186 g/mol. The van der Waals surface area contributed by atoms with Crippen LogP contribution in [0.5, 0.6) is 0 Å². The van der Waals surface area contributed by atoms with E-state index < -0.39 is 5.97 Å². The van der Waals surface area contributed by atoms with Crippen molar-refractivity contribution in [3.8, 4) is 11.5 Å². The molecule has 0 aliphatic heterocycles. The number of aromatic amines is 1. The predicted molar refractivity (Wildman–Crippen MR) is 45.5 cm³/mol. The highest BCUT2D eigenvalue weighted by atomic mass is 16.4. The number of carboxylic acid groups (broad SMARTS) is 1. The molecule has 0 aliphatic rings. The molecule has 0 saturated carbocycles. The molecule has 0 aromatic carbocycles. The summed E-state index contributed by atoms with van der Waals surface area (Å²) < 4.78 is 1.67. The second kappa shape index (κ2) is 2.95. The summed E-state index contributed by atoms with van der Waals surface area (Å²) in [6.45, 7) is 0. The zero-order valence-corrected chi connectivity index (χ0v) is 7.30. The molecule has 72 valence electrons. The van der Waals surface area contributed by atoms with Gasteiger partial charge in [0.15, 0.2) is 11.5 Å². The Hall–Kier alpha value is -2.18. The van der Waals surface area contributed by atoms with Crippen LogP contribution in [0.1, 0.15) is 10.5 Å². The van der Waals surface area contributed by atoms with E-state index in [0.29, 0.717) is 5.82 Å². The van der Waals surface area contributed by atoms with Gasteiger partial charge >= 0.3 is 5.97 Å². The first-order valence-electron chi connectivity index (χ1n) is 3.82. The van der Waals surface area contributed by atoms with E-state index in [4.69, 9.17) is 5.11 Å². The van der Waals surface area contributed by atoms with Gasteiger partial charge in [-0.3, -0.25) is 0 Å². The van der Waals surface area contributed by atoms with Crippen LogP contribution in [0.3, 0.4) is 0 Å². The van der Waals surface area contributed by atoms with Crippen molar-refractivity contribution in [2.24, 2.45) is 7.05 Å². The standard InChI is InChI=1S/C7H7N5O2/c1-12-3-2-8-6(12)4-5(7(13)14)10-11-9-4/h2-3H,1H3,(H,13,14)(H,9,10,11). The molecule has 0 bridgehead atoms. The Balaban J connectivity index is 2.57. The van der Waals surface area contributed by atoms with Crippen molar-refractivity contribution in [3.05, 3.63) is 18.1 Å². The fraction of sp³-hybridized carbons (Fsp3) is 0.143. The average Bonchev–Trinajstić information content (AvgIpc) is 2.70. The first-order valence-corrected chi connectivity index (χ1v) is 3.82. The third kappa shape index (κ3) is 1.15. The Labute approximate surface area is 78.4 Å². The number of hydrogen-bond acceptors (Lipinski definition) is 4.